The number of carbonyl (C=O) groups is 1. The first kappa shape index (κ1) is 24.5. The Morgan fingerprint density at radius 3 is 2.66 bits per heavy atom. The minimum atomic E-state index is -0.0270. The highest BCUT2D eigenvalue weighted by atomic mass is 35.5. The Morgan fingerprint density at radius 1 is 1.19 bits per heavy atom. The zero-order valence-electron chi connectivity index (χ0n) is 18.6. The SMILES string of the molecule is CCOc1ccc(C(=O)N(CCCN2CCOCC2)c2nc3ccc(C)cc3s2)cc1.Cl. The molecule has 4 rings (SSSR count). The number of halogens is 1. The number of hydrogen-bond donors (Lipinski definition) is 0. The molecule has 6 nitrogen and oxygen atoms in total. The van der Waals surface area contributed by atoms with Crippen molar-refractivity contribution in [1.82, 2.24) is 9.88 Å². The van der Waals surface area contributed by atoms with Crippen molar-refractivity contribution in [3.8, 4) is 5.75 Å². The minimum Gasteiger partial charge on any atom is -0.494 e. The summed E-state index contributed by atoms with van der Waals surface area (Å²) in [4.78, 5) is 22.5. The molecule has 0 saturated carbocycles. The molecule has 1 aromatic heterocycles. The third-order valence-corrected chi connectivity index (χ3v) is 6.42. The number of ether oxygens (including phenoxy) is 2. The highest BCUT2D eigenvalue weighted by Crippen LogP contribution is 2.31. The molecule has 0 atom stereocenters. The maximum absolute atomic E-state index is 13.5. The lowest BCUT2D eigenvalue weighted by Gasteiger charge is -2.27. The molecule has 0 bridgehead atoms. The summed E-state index contributed by atoms with van der Waals surface area (Å²) in [6.45, 7) is 9.67. The molecule has 2 aromatic carbocycles. The van der Waals surface area contributed by atoms with E-state index in [0.717, 1.165) is 60.4 Å². The van der Waals surface area contributed by atoms with E-state index in [4.69, 9.17) is 14.5 Å². The van der Waals surface area contributed by atoms with E-state index in [0.29, 0.717) is 18.7 Å². The van der Waals surface area contributed by atoms with E-state index >= 15 is 0 Å². The molecule has 0 radical (unpaired) electrons. The lowest BCUT2D eigenvalue weighted by Crippen LogP contribution is -2.39. The van der Waals surface area contributed by atoms with Gasteiger partial charge in [-0.25, -0.2) is 4.98 Å². The number of anilines is 1. The highest BCUT2D eigenvalue weighted by Gasteiger charge is 2.22. The Kier molecular flexibility index (Phi) is 8.87. The van der Waals surface area contributed by atoms with Crippen LogP contribution in [0, 0.1) is 6.92 Å². The Bertz CT molecular complexity index is 1020. The van der Waals surface area contributed by atoms with E-state index in [2.05, 4.69) is 24.0 Å². The van der Waals surface area contributed by atoms with Gasteiger partial charge >= 0.3 is 0 Å². The van der Waals surface area contributed by atoms with Crippen molar-refractivity contribution >= 4 is 45.0 Å². The monoisotopic (exact) mass is 475 g/mol. The molecule has 2 heterocycles. The van der Waals surface area contributed by atoms with Gasteiger partial charge in [-0.15, -0.1) is 12.4 Å². The summed E-state index contributed by atoms with van der Waals surface area (Å²) in [5, 5.41) is 0.751. The summed E-state index contributed by atoms with van der Waals surface area (Å²) in [6.07, 6.45) is 0.887. The van der Waals surface area contributed by atoms with Crippen LogP contribution in [0.2, 0.25) is 0 Å². The second-order valence-electron chi connectivity index (χ2n) is 7.69. The number of thiazole rings is 1. The van der Waals surface area contributed by atoms with E-state index in [1.54, 1.807) is 11.3 Å². The van der Waals surface area contributed by atoms with Crippen LogP contribution in [0.5, 0.6) is 5.75 Å². The van der Waals surface area contributed by atoms with Gasteiger partial charge in [-0.3, -0.25) is 14.6 Å². The van der Waals surface area contributed by atoms with Gasteiger partial charge in [-0.1, -0.05) is 17.4 Å². The van der Waals surface area contributed by atoms with Crippen LogP contribution in [0.3, 0.4) is 0 Å². The first-order valence-electron chi connectivity index (χ1n) is 10.9. The molecule has 0 N–H and O–H groups in total. The number of morpholine rings is 1. The van der Waals surface area contributed by atoms with Crippen molar-refractivity contribution < 1.29 is 14.3 Å². The number of nitrogens with zero attached hydrogens (tertiary/aromatic N) is 3. The molecule has 8 heteroatoms. The average Bonchev–Trinajstić information content (AvgIpc) is 3.20. The number of rotatable bonds is 8. The van der Waals surface area contributed by atoms with Gasteiger partial charge in [0.1, 0.15) is 5.75 Å². The highest BCUT2D eigenvalue weighted by molar-refractivity contribution is 7.22. The normalized spacial score (nSPS) is 14.2. The minimum absolute atomic E-state index is 0. The number of fused-ring (bicyclic) bond motifs is 1. The van der Waals surface area contributed by atoms with E-state index < -0.39 is 0 Å². The van der Waals surface area contributed by atoms with Crippen LogP contribution >= 0.6 is 23.7 Å². The molecular weight excluding hydrogens is 446 g/mol. The number of benzene rings is 2. The lowest BCUT2D eigenvalue weighted by molar-refractivity contribution is 0.0376. The number of amides is 1. The van der Waals surface area contributed by atoms with Crippen molar-refractivity contribution in [2.24, 2.45) is 0 Å². The third kappa shape index (κ3) is 5.98. The molecule has 0 unspecified atom stereocenters. The van der Waals surface area contributed by atoms with Crippen LogP contribution in [-0.2, 0) is 4.74 Å². The van der Waals surface area contributed by atoms with Gasteiger partial charge in [0.2, 0.25) is 0 Å². The number of carbonyl (C=O) groups excluding carboxylic acids is 1. The van der Waals surface area contributed by atoms with Gasteiger partial charge in [0.25, 0.3) is 5.91 Å². The van der Waals surface area contributed by atoms with Crippen LogP contribution < -0.4 is 9.64 Å². The summed E-state index contributed by atoms with van der Waals surface area (Å²) in [5.41, 5.74) is 2.77. The zero-order chi connectivity index (χ0) is 21.6. The fraction of sp³-hybridized carbons (Fsp3) is 0.417. The smallest absolute Gasteiger partial charge is 0.260 e. The Hall–Kier alpha value is -2.19. The number of aromatic nitrogens is 1. The first-order valence-corrected chi connectivity index (χ1v) is 11.7. The van der Waals surface area contributed by atoms with Gasteiger partial charge < -0.3 is 9.47 Å². The maximum atomic E-state index is 13.5. The quantitative estimate of drug-likeness (QED) is 0.468. The fourth-order valence-corrected chi connectivity index (χ4v) is 4.80. The summed E-state index contributed by atoms with van der Waals surface area (Å²) >= 11 is 1.58. The molecular formula is C24H30ClN3O3S. The largest absolute Gasteiger partial charge is 0.494 e. The van der Waals surface area contributed by atoms with Crippen molar-refractivity contribution in [2.75, 3.05) is 50.9 Å². The molecule has 3 aromatic rings. The van der Waals surface area contributed by atoms with Crippen LogP contribution in [0.15, 0.2) is 42.5 Å². The van der Waals surface area contributed by atoms with Crippen LogP contribution in [-0.4, -0.2) is 61.8 Å². The van der Waals surface area contributed by atoms with E-state index in [-0.39, 0.29) is 18.3 Å². The second-order valence-corrected chi connectivity index (χ2v) is 8.70. The summed E-state index contributed by atoms with van der Waals surface area (Å²) < 4.78 is 12.1. The zero-order valence-corrected chi connectivity index (χ0v) is 20.2. The van der Waals surface area contributed by atoms with Gasteiger partial charge in [0, 0.05) is 31.7 Å². The topological polar surface area (TPSA) is 54.9 Å². The average molecular weight is 476 g/mol. The van der Waals surface area contributed by atoms with Crippen LogP contribution in [0.1, 0.15) is 29.3 Å². The van der Waals surface area contributed by atoms with Crippen molar-refractivity contribution in [3.63, 3.8) is 0 Å². The fourth-order valence-electron chi connectivity index (χ4n) is 3.71. The van der Waals surface area contributed by atoms with E-state index in [1.165, 1.54) is 5.56 Å². The first-order chi connectivity index (χ1) is 15.1. The molecule has 1 amide bonds. The number of aryl methyl sites for hydroxylation is 1. The van der Waals surface area contributed by atoms with Crippen molar-refractivity contribution in [3.05, 3.63) is 53.6 Å². The summed E-state index contributed by atoms with van der Waals surface area (Å²) in [6, 6.07) is 13.6. The van der Waals surface area contributed by atoms with Gasteiger partial charge in [-0.05, 0) is 62.2 Å². The van der Waals surface area contributed by atoms with Crippen molar-refractivity contribution in [1.29, 1.82) is 0 Å². The maximum Gasteiger partial charge on any atom is 0.260 e. The number of hydrogen-bond acceptors (Lipinski definition) is 6. The molecule has 172 valence electrons. The standard InChI is InChI=1S/C24H29N3O3S.ClH/c1-3-30-20-8-6-19(7-9-20)23(28)27(12-4-11-26-13-15-29-16-14-26)24-25-21-10-5-18(2)17-22(21)31-24;/h5-10,17H,3-4,11-16H2,1-2H3;1H. The predicted molar refractivity (Wildman–Crippen MR) is 133 cm³/mol. The van der Waals surface area contributed by atoms with E-state index in [1.807, 2.05) is 42.2 Å². The summed E-state index contributed by atoms with van der Waals surface area (Å²) in [5.74, 6) is 0.745. The molecule has 1 aliphatic heterocycles. The van der Waals surface area contributed by atoms with Gasteiger partial charge in [0.15, 0.2) is 5.13 Å². The predicted octanol–water partition coefficient (Wildman–Crippen LogP) is 4.79. The Labute approximate surface area is 199 Å². The molecule has 0 spiro atoms. The lowest BCUT2D eigenvalue weighted by atomic mass is 10.2. The molecule has 1 saturated heterocycles. The molecule has 1 fully saturated rings. The third-order valence-electron chi connectivity index (χ3n) is 5.38. The van der Waals surface area contributed by atoms with E-state index in [9.17, 15) is 4.79 Å². The van der Waals surface area contributed by atoms with Gasteiger partial charge in [0.05, 0.1) is 30.0 Å². The molecule has 1 aliphatic rings. The van der Waals surface area contributed by atoms with Crippen molar-refractivity contribution in [2.45, 2.75) is 20.3 Å². The van der Waals surface area contributed by atoms with Crippen LogP contribution in [0.4, 0.5) is 5.13 Å². The Balaban J connectivity index is 0.00000289. The molecule has 0 aliphatic carbocycles. The second kappa shape index (κ2) is 11.6. The van der Waals surface area contributed by atoms with Gasteiger partial charge in [-0.2, -0.15) is 0 Å². The van der Waals surface area contributed by atoms with Crippen LogP contribution in [0.25, 0.3) is 10.2 Å². The summed E-state index contributed by atoms with van der Waals surface area (Å²) in [7, 11) is 0. The Morgan fingerprint density at radius 2 is 1.94 bits per heavy atom. The molecule has 32 heavy (non-hydrogen) atoms.